The standard InChI is InChI=1S/C48H79N3O16P2/c1-4-39(52)30-26-22-18-14-9-7-5-6-8-10-15-19-23-27-31-43(53)62-35-40(65-44(54)32-28-24-20-16-12-11-13-17-21-25-29-38(2)3)36-63-68(58,59)67-69(60,61)64-37-41-45(55)46(56)47(66-41)51-34-33-42(49)50-48(51)57/h6-9,15,18-19,22,26,30,33-34,38-41,45-47,52,55-56H,4-5,10-14,16-17,20-21,23-25,27-29,31-32,35-37H2,1-3H3,(H,58,59)(H,60,61)(H2,49,50,57)/b8-6-,9-7-,19-15-,22-18-,30-26+/t39-,40+,41+,45+,46+,47+/m0/s1. The number of hydrogen-bond acceptors (Lipinski definition) is 16. The number of nitrogens with zero attached hydrogens (tertiary/aromatic N) is 2. The Bertz CT molecular complexity index is 1920. The lowest BCUT2D eigenvalue weighted by atomic mass is 10.0. The summed E-state index contributed by atoms with van der Waals surface area (Å²) >= 11 is 0. The molecule has 392 valence electrons. The number of aliphatic hydroxyl groups is 3. The third-order valence-corrected chi connectivity index (χ3v) is 13.3. The lowest BCUT2D eigenvalue weighted by molar-refractivity contribution is -0.161. The van der Waals surface area contributed by atoms with E-state index in [0.717, 1.165) is 61.6 Å². The van der Waals surface area contributed by atoms with Crippen molar-refractivity contribution in [1.29, 1.82) is 0 Å². The van der Waals surface area contributed by atoms with Gasteiger partial charge in [0.1, 0.15) is 30.7 Å². The summed E-state index contributed by atoms with van der Waals surface area (Å²) in [5.74, 6) is -0.654. The molecule has 21 heteroatoms. The Morgan fingerprint density at radius 1 is 0.797 bits per heavy atom. The number of esters is 2. The third-order valence-electron chi connectivity index (χ3n) is 10.7. The number of carbonyl (C=O) groups is 2. The highest BCUT2D eigenvalue weighted by atomic mass is 31.3. The van der Waals surface area contributed by atoms with Crippen molar-refractivity contribution < 1.29 is 71.4 Å². The Kier molecular flexibility index (Phi) is 31.7. The second-order valence-electron chi connectivity index (χ2n) is 17.3. The van der Waals surface area contributed by atoms with Gasteiger partial charge < -0.3 is 45.1 Å². The molecule has 0 aliphatic carbocycles. The van der Waals surface area contributed by atoms with Crippen molar-refractivity contribution in [3.63, 3.8) is 0 Å². The molecule has 69 heavy (non-hydrogen) atoms. The van der Waals surface area contributed by atoms with E-state index in [9.17, 15) is 48.6 Å². The normalized spacial score (nSPS) is 20.4. The highest BCUT2D eigenvalue weighted by Crippen LogP contribution is 2.60. The van der Waals surface area contributed by atoms with Crippen LogP contribution in [-0.2, 0) is 46.3 Å². The molecule has 1 aromatic heterocycles. The van der Waals surface area contributed by atoms with Gasteiger partial charge in [-0.05, 0) is 56.9 Å². The molecule has 1 aliphatic rings. The largest absolute Gasteiger partial charge is 0.481 e. The molecule has 2 heterocycles. The Morgan fingerprint density at radius 3 is 2.00 bits per heavy atom. The van der Waals surface area contributed by atoms with Gasteiger partial charge in [0.25, 0.3) is 0 Å². The van der Waals surface area contributed by atoms with Gasteiger partial charge in [0.2, 0.25) is 0 Å². The number of rotatable bonds is 38. The number of aromatic nitrogens is 2. The van der Waals surface area contributed by atoms with Crippen molar-refractivity contribution in [2.24, 2.45) is 5.92 Å². The Morgan fingerprint density at radius 2 is 1.38 bits per heavy atom. The highest BCUT2D eigenvalue weighted by Gasteiger charge is 2.46. The van der Waals surface area contributed by atoms with Crippen molar-refractivity contribution in [3.05, 3.63) is 83.5 Å². The maximum absolute atomic E-state index is 12.8. The van der Waals surface area contributed by atoms with Crippen LogP contribution in [0, 0.1) is 5.92 Å². The lowest BCUT2D eigenvalue weighted by Crippen LogP contribution is -2.36. The van der Waals surface area contributed by atoms with E-state index in [1.807, 2.05) is 43.4 Å². The van der Waals surface area contributed by atoms with Gasteiger partial charge in [-0.15, -0.1) is 0 Å². The zero-order valence-electron chi connectivity index (χ0n) is 40.6. The predicted molar refractivity (Wildman–Crippen MR) is 262 cm³/mol. The van der Waals surface area contributed by atoms with Gasteiger partial charge >= 0.3 is 33.3 Å². The molecule has 2 unspecified atom stereocenters. The summed E-state index contributed by atoms with van der Waals surface area (Å²) in [6.07, 6.45) is 28.5. The third kappa shape index (κ3) is 29.4. The Hall–Kier alpha value is -3.58. The second kappa shape index (κ2) is 35.5. The Balaban J connectivity index is 1.84. The number of nitrogens with two attached hydrogens (primary N) is 1. The molecular formula is C48H79N3O16P2. The fourth-order valence-electron chi connectivity index (χ4n) is 6.78. The number of allylic oxidation sites excluding steroid dienone is 9. The quantitative estimate of drug-likeness (QED) is 0.0119. The van der Waals surface area contributed by atoms with E-state index in [-0.39, 0.29) is 18.7 Å². The van der Waals surface area contributed by atoms with Crippen LogP contribution in [0.1, 0.15) is 149 Å². The lowest BCUT2D eigenvalue weighted by Gasteiger charge is -2.21. The summed E-state index contributed by atoms with van der Waals surface area (Å²) in [5, 5.41) is 30.4. The first kappa shape index (κ1) is 61.5. The van der Waals surface area contributed by atoms with Gasteiger partial charge in [0.05, 0.1) is 19.3 Å². The Labute approximate surface area is 407 Å². The minimum atomic E-state index is -5.44. The molecule has 1 saturated heterocycles. The summed E-state index contributed by atoms with van der Waals surface area (Å²) in [5.41, 5.74) is 4.57. The highest BCUT2D eigenvalue weighted by molar-refractivity contribution is 7.61. The maximum atomic E-state index is 12.8. The van der Waals surface area contributed by atoms with Crippen molar-refractivity contribution >= 4 is 33.4 Å². The number of carbonyl (C=O) groups excluding carboxylic acids is 2. The summed E-state index contributed by atoms with van der Waals surface area (Å²) in [6.45, 7) is 4.02. The number of nitrogen functional groups attached to an aromatic ring is 1. The summed E-state index contributed by atoms with van der Waals surface area (Å²) in [6, 6.07) is 1.24. The molecule has 0 bridgehead atoms. The SMILES string of the molecule is CC[C@H](O)/C=C/C=C\C/C=C\C/C=C\C/C=C\CCCC(=O)OC[C@H](COP(=O)(O)OP(=O)(O)OC[C@H]1O[C@@H](n2ccc(N)nc2=O)[C@H](O)[C@@H]1O)OC(=O)CCCCCCCCCCCCC(C)C. The number of unbranched alkanes of at least 4 members (excludes halogenated alkanes) is 10. The average molecular weight is 1020 g/mol. The summed E-state index contributed by atoms with van der Waals surface area (Å²) in [7, 11) is -10.9. The first-order valence-corrected chi connectivity index (χ1v) is 27.3. The van der Waals surface area contributed by atoms with Crippen LogP contribution in [0.2, 0.25) is 0 Å². The predicted octanol–water partition coefficient (Wildman–Crippen LogP) is 8.38. The first-order chi connectivity index (χ1) is 32.9. The molecule has 1 aromatic rings. The van der Waals surface area contributed by atoms with Crippen LogP contribution >= 0.6 is 15.6 Å². The molecule has 0 spiro atoms. The molecule has 0 saturated carbocycles. The summed E-state index contributed by atoms with van der Waals surface area (Å²) < 4.78 is 56.6. The number of phosphoric ester groups is 2. The fraction of sp³-hybridized carbons (Fsp3) is 0.667. The molecule has 0 amide bonds. The van der Waals surface area contributed by atoms with Crippen molar-refractivity contribution in [1.82, 2.24) is 9.55 Å². The fourth-order valence-corrected chi connectivity index (χ4v) is 8.89. The van der Waals surface area contributed by atoms with Crippen LogP contribution in [0.15, 0.2) is 77.8 Å². The molecule has 2 rings (SSSR count). The smallest absolute Gasteiger partial charge is 0.462 e. The minimum Gasteiger partial charge on any atom is -0.462 e. The average Bonchev–Trinajstić information content (AvgIpc) is 3.57. The second-order valence-corrected chi connectivity index (χ2v) is 20.3. The molecule has 8 atom stereocenters. The van der Waals surface area contributed by atoms with Gasteiger partial charge in [-0.25, -0.2) is 13.9 Å². The van der Waals surface area contributed by atoms with Gasteiger partial charge in [0, 0.05) is 19.0 Å². The molecule has 19 nitrogen and oxygen atoms in total. The van der Waals surface area contributed by atoms with Crippen LogP contribution in [0.3, 0.4) is 0 Å². The van der Waals surface area contributed by atoms with E-state index >= 15 is 0 Å². The minimum absolute atomic E-state index is 0.0293. The van der Waals surface area contributed by atoms with Gasteiger partial charge in [-0.1, -0.05) is 146 Å². The number of hydrogen-bond donors (Lipinski definition) is 6. The summed E-state index contributed by atoms with van der Waals surface area (Å²) in [4.78, 5) is 61.8. The number of ether oxygens (including phenoxy) is 3. The monoisotopic (exact) mass is 1020 g/mol. The topological polar surface area (TPSA) is 286 Å². The van der Waals surface area contributed by atoms with E-state index < -0.39 is 89.8 Å². The van der Waals surface area contributed by atoms with Crippen molar-refractivity contribution in [2.75, 3.05) is 25.6 Å². The van der Waals surface area contributed by atoms with E-state index in [2.05, 4.69) is 41.4 Å². The van der Waals surface area contributed by atoms with Crippen LogP contribution in [0.5, 0.6) is 0 Å². The zero-order valence-corrected chi connectivity index (χ0v) is 42.4. The molecule has 7 N–H and O–H groups in total. The number of aliphatic hydroxyl groups excluding tert-OH is 3. The van der Waals surface area contributed by atoms with Crippen molar-refractivity contribution in [2.45, 2.75) is 180 Å². The van der Waals surface area contributed by atoms with Gasteiger partial charge in [-0.3, -0.25) is 23.2 Å². The maximum Gasteiger partial charge on any atom is 0.481 e. The van der Waals surface area contributed by atoms with Crippen LogP contribution in [-0.4, -0.2) is 96.9 Å². The van der Waals surface area contributed by atoms with E-state index in [4.69, 9.17) is 29.0 Å². The first-order valence-electron chi connectivity index (χ1n) is 24.3. The molecule has 0 aromatic carbocycles. The van der Waals surface area contributed by atoms with Crippen LogP contribution in [0.25, 0.3) is 0 Å². The molecule has 0 radical (unpaired) electrons. The van der Waals surface area contributed by atoms with Crippen LogP contribution in [0.4, 0.5) is 5.82 Å². The van der Waals surface area contributed by atoms with Gasteiger partial charge in [0.15, 0.2) is 12.3 Å². The van der Waals surface area contributed by atoms with E-state index in [1.165, 1.54) is 44.6 Å². The van der Waals surface area contributed by atoms with Crippen LogP contribution < -0.4 is 11.4 Å². The molecule has 1 fully saturated rings. The molecule has 1 aliphatic heterocycles. The van der Waals surface area contributed by atoms with Gasteiger partial charge in [-0.2, -0.15) is 9.29 Å². The number of anilines is 1. The van der Waals surface area contributed by atoms with E-state index in [1.54, 1.807) is 6.08 Å². The molecular weight excluding hydrogens is 936 g/mol. The zero-order chi connectivity index (χ0) is 50.9. The number of phosphoric acid groups is 2. The van der Waals surface area contributed by atoms with E-state index in [0.29, 0.717) is 25.7 Å². The van der Waals surface area contributed by atoms with Crippen molar-refractivity contribution in [3.8, 4) is 0 Å².